The van der Waals surface area contributed by atoms with Gasteiger partial charge in [-0.3, -0.25) is 0 Å². The van der Waals surface area contributed by atoms with Gasteiger partial charge in [-0.2, -0.15) is 0 Å². The van der Waals surface area contributed by atoms with Gasteiger partial charge in [-0.1, -0.05) is 127 Å². The molecule has 0 saturated heterocycles. The molecule has 0 radical (unpaired) electrons. The Morgan fingerprint density at radius 2 is 0.959 bits per heavy atom. The molecule has 0 fully saturated rings. The zero-order chi connectivity index (χ0) is 32.1. The molecule has 11 aromatic rings. The van der Waals surface area contributed by atoms with Crippen LogP contribution in [0.15, 0.2) is 174 Å². The fourth-order valence-electron chi connectivity index (χ4n) is 8.10. The zero-order valence-corrected chi connectivity index (χ0v) is 26.5. The van der Waals surface area contributed by atoms with Crippen molar-refractivity contribution in [3.8, 4) is 22.5 Å². The molecule has 3 aromatic heterocycles. The van der Waals surface area contributed by atoms with E-state index in [4.69, 9.17) is 4.42 Å². The molecule has 0 amide bonds. The first-order valence-corrected chi connectivity index (χ1v) is 16.8. The van der Waals surface area contributed by atoms with Crippen molar-refractivity contribution in [3.63, 3.8) is 0 Å². The van der Waals surface area contributed by atoms with Gasteiger partial charge < -0.3 is 13.6 Å². The van der Waals surface area contributed by atoms with E-state index in [2.05, 4.69) is 173 Å². The van der Waals surface area contributed by atoms with Crippen LogP contribution in [-0.2, 0) is 0 Å². The quantitative estimate of drug-likeness (QED) is 0.192. The lowest BCUT2D eigenvalue weighted by molar-refractivity contribution is 0.666. The molecule has 0 spiro atoms. The second-order valence-electron chi connectivity index (χ2n) is 12.9. The predicted molar refractivity (Wildman–Crippen MR) is 205 cm³/mol. The van der Waals surface area contributed by atoms with Crippen LogP contribution >= 0.6 is 0 Å². The van der Waals surface area contributed by atoms with Crippen LogP contribution in [0.5, 0.6) is 0 Å². The van der Waals surface area contributed by atoms with Gasteiger partial charge in [0.2, 0.25) is 0 Å². The average molecular weight is 625 g/mol. The Labute approximate surface area is 281 Å². The minimum atomic E-state index is 0.894. The summed E-state index contributed by atoms with van der Waals surface area (Å²) in [6.45, 7) is 0. The molecule has 0 bridgehead atoms. The van der Waals surface area contributed by atoms with Crippen molar-refractivity contribution in [1.82, 2.24) is 9.13 Å². The van der Waals surface area contributed by atoms with Crippen LogP contribution in [0, 0.1) is 0 Å². The van der Waals surface area contributed by atoms with E-state index in [0.29, 0.717) is 0 Å². The Balaban J connectivity index is 1.23. The third-order valence-corrected chi connectivity index (χ3v) is 10.3. The van der Waals surface area contributed by atoms with Gasteiger partial charge in [0.15, 0.2) is 5.58 Å². The summed E-state index contributed by atoms with van der Waals surface area (Å²) in [5.74, 6) is 0. The maximum Gasteiger partial charge on any atom is 0.159 e. The Kier molecular flexibility index (Phi) is 5.38. The molecule has 0 saturated carbocycles. The van der Waals surface area contributed by atoms with Gasteiger partial charge in [-0.05, 0) is 64.4 Å². The number of para-hydroxylation sites is 4. The first kappa shape index (κ1) is 26.5. The summed E-state index contributed by atoms with van der Waals surface area (Å²) < 4.78 is 11.5. The van der Waals surface area contributed by atoms with Gasteiger partial charge in [0.1, 0.15) is 5.58 Å². The highest BCUT2D eigenvalue weighted by Crippen LogP contribution is 2.43. The molecule has 3 heterocycles. The van der Waals surface area contributed by atoms with Gasteiger partial charge in [-0.15, -0.1) is 0 Å². The minimum absolute atomic E-state index is 0.894. The summed E-state index contributed by atoms with van der Waals surface area (Å²) in [7, 11) is 0. The topological polar surface area (TPSA) is 23.0 Å². The molecule has 0 aliphatic rings. The van der Waals surface area contributed by atoms with Gasteiger partial charge >= 0.3 is 0 Å². The number of hydrogen-bond donors (Lipinski definition) is 0. The Bertz CT molecular complexity index is 3100. The zero-order valence-electron chi connectivity index (χ0n) is 26.5. The molecule has 0 atom stereocenters. The Morgan fingerprint density at radius 1 is 0.367 bits per heavy atom. The first-order valence-electron chi connectivity index (χ1n) is 16.8. The van der Waals surface area contributed by atoms with Crippen molar-refractivity contribution < 1.29 is 4.42 Å². The number of rotatable bonds is 3. The average Bonchev–Trinajstić information content (AvgIpc) is 3.83. The molecule has 49 heavy (non-hydrogen) atoms. The van der Waals surface area contributed by atoms with Crippen LogP contribution in [0.2, 0.25) is 0 Å². The van der Waals surface area contributed by atoms with Crippen molar-refractivity contribution in [3.05, 3.63) is 170 Å². The maximum absolute atomic E-state index is 6.65. The summed E-state index contributed by atoms with van der Waals surface area (Å²) in [5, 5.41) is 9.65. The highest BCUT2D eigenvalue weighted by molar-refractivity contribution is 6.24. The van der Waals surface area contributed by atoms with Crippen LogP contribution in [0.1, 0.15) is 0 Å². The molecule has 228 valence electrons. The second-order valence-corrected chi connectivity index (χ2v) is 12.9. The molecule has 3 heteroatoms. The van der Waals surface area contributed by atoms with Gasteiger partial charge in [-0.25, -0.2) is 0 Å². The van der Waals surface area contributed by atoms with Crippen molar-refractivity contribution in [2.45, 2.75) is 0 Å². The van der Waals surface area contributed by atoms with Gasteiger partial charge in [0.05, 0.1) is 27.8 Å². The third kappa shape index (κ3) is 3.73. The van der Waals surface area contributed by atoms with Crippen molar-refractivity contribution in [2.24, 2.45) is 0 Å². The summed E-state index contributed by atoms with van der Waals surface area (Å²) in [4.78, 5) is 0. The monoisotopic (exact) mass is 624 g/mol. The van der Waals surface area contributed by atoms with E-state index in [9.17, 15) is 0 Å². The molecular formula is C46H28N2O. The molecule has 0 aliphatic heterocycles. The summed E-state index contributed by atoms with van der Waals surface area (Å²) in [6, 6.07) is 61.3. The second kappa shape index (κ2) is 9.96. The van der Waals surface area contributed by atoms with Crippen LogP contribution in [0.4, 0.5) is 0 Å². The van der Waals surface area contributed by atoms with Crippen molar-refractivity contribution in [2.75, 3.05) is 0 Å². The van der Waals surface area contributed by atoms with E-state index in [1.807, 2.05) is 6.07 Å². The smallest absolute Gasteiger partial charge is 0.159 e. The lowest BCUT2D eigenvalue weighted by Crippen LogP contribution is -1.99. The number of fused-ring (bicyclic) bond motifs is 11. The number of nitrogens with zero attached hydrogens (tertiary/aromatic N) is 2. The molecular weight excluding hydrogens is 597 g/mol. The number of aromatic nitrogens is 2. The van der Waals surface area contributed by atoms with Crippen molar-refractivity contribution in [1.29, 1.82) is 0 Å². The third-order valence-electron chi connectivity index (χ3n) is 10.3. The summed E-state index contributed by atoms with van der Waals surface area (Å²) >= 11 is 0. The van der Waals surface area contributed by atoms with Crippen LogP contribution < -0.4 is 0 Å². The summed E-state index contributed by atoms with van der Waals surface area (Å²) in [6.07, 6.45) is 0. The Hall–Kier alpha value is -6.58. The molecule has 0 unspecified atom stereocenters. The summed E-state index contributed by atoms with van der Waals surface area (Å²) in [5.41, 5.74) is 11.1. The van der Waals surface area contributed by atoms with Crippen LogP contribution in [0.25, 0.3) is 98.8 Å². The number of benzene rings is 8. The van der Waals surface area contributed by atoms with E-state index < -0.39 is 0 Å². The van der Waals surface area contributed by atoms with E-state index >= 15 is 0 Å². The molecule has 11 rings (SSSR count). The lowest BCUT2D eigenvalue weighted by Gasteiger charge is -2.13. The van der Waals surface area contributed by atoms with E-state index in [1.165, 1.54) is 60.0 Å². The maximum atomic E-state index is 6.65. The predicted octanol–water partition coefficient (Wildman–Crippen LogP) is 12.6. The number of furan rings is 1. The van der Waals surface area contributed by atoms with E-state index in [-0.39, 0.29) is 0 Å². The minimum Gasteiger partial charge on any atom is -0.454 e. The fourth-order valence-corrected chi connectivity index (χ4v) is 8.10. The van der Waals surface area contributed by atoms with Crippen molar-refractivity contribution >= 4 is 76.3 Å². The normalized spacial score (nSPS) is 12.1. The first-order chi connectivity index (χ1) is 24.3. The standard InChI is InChI=1S/C46H28N2O/c1-2-11-31-28-32(21-20-29(31)10-1)30-22-24-33(25-23-30)47-40-16-6-3-12-34(40)37-26-27-38-35-13-4-7-17-41(35)48(45(38)44(37)47)42-18-9-15-39-36-14-5-8-19-43(36)49-46(39)42/h1-28H. The fraction of sp³-hybridized carbons (Fsp3) is 0. The molecule has 0 N–H and O–H groups in total. The van der Waals surface area contributed by atoms with E-state index in [1.54, 1.807) is 0 Å². The highest BCUT2D eigenvalue weighted by atomic mass is 16.3. The molecule has 0 aliphatic carbocycles. The lowest BCUT2D eigenvalue weighted by atomic mass is 10.0. The largest absolute Gasteiger partial charge is 0.454 e. The Morgan fingerprint density at radius 3 is 1.73 bits per heavy atom. The van der Waals surface area contributed by atoms with Crippen LogP contribution in [0.3, 0.4) is 0 Å². The SMILES string of the molecule is c1ccc2cc(-c3ccc(-n4c5ccccc5c5ccc6c7ccccc7n(-c7cccc8c7oc7ccccc78)c6c54)cc3)ccc2c1. The van der Waals surface area contributed by atoms with Gasteiger partial charge in [0.25, 0.3) is 0 Å². The van der Waals surface area contributed by atoms with Crippen LogP contribution in [-0.4, -0.2) is 9.13 Å². The molecule has 3 nitrogen and oxygen atoms in total. The van der Waals surface area contributed by atoms with Gasteiger partial charge in [0, 0.05) is 38.0 Å². The highest BCUT2D eigenvalue weighted by Gasteiger charge is 2.23. The molecule has 8 aromatic carbocycles. The van der Waals surface area contributed by atoms with E-state index in [0.717, 1.165) is 38.8 Å². The number of hydrogen-bond acceptors (Lipinski definition) is 1.